The van der Waals surface area contributed by atoms with Crippen LogP contribution in [0.4, 0.5) is 5.69 Å². The number of ether oxygens (including phenoxy) is 1. The lowest BCUT2D eigenvalue weighted by Crippen LogP contribution is -2.44. The lowest BCUT2D eigenvalue weighted by molar-refractivity contribution is 0.0209. The molecule has 1 aromatic rings. The second-order valence-corrected chi connectivity index (χ2v) is 5.81. The normalized spacial score (nSPS) is 24.3. The minimum atomic E-state index is 0.127. The van der Waals surface area contributed by atoms with Crippen molar-refractivity contribution in [3.63, 3.8) is 0 Å². The maximum Gasteiger partial charge on any atom is 0.0684 e. The first-order valence-corrected chi connectivity index (χ1v) is 7.55. The first-order valence-electron chi connectivity index (χ1n) is 7.55. The van der Waals surface area contributed by atoms with Crippen molar-refractivity contribution in [1.29, 1.82) is 0 Å². The molecule has 1 N–H and O–H groups in total. The zero-order valence-corrected chi connectivity index (χ0v) is 12.2. The number of anilines is 1. The molecular weight excluding hydrogens is 252 g/mol. The summed E-state index contributed by atoms with van der Waals surface area (Å²) in [7, 11) is 0. The minimum absolute atomic E-state index is 0.127. The highest BCUT2D eigenvalue weighted by atomic mass is 16.5. The SMILES string of the molecule is Cc1cc(N2CCC(N3CCOCC3)C2)ccc1CO. The van der Waals surface area contributed by atoms with E-state index in [1.165, 1.54) is 17.7 Å². The Balaban J connectivity index is 1.65. The Morgan fingerprint density at radius 1 is 1.25 bits per heavy atom. The van der Waals surface area contributed by atoms with Crippen molar-refractivity contribution in [3.05, 3.63) is 29.3 Å². The zero-order chi connectivity index (χ0) is 13.9. The van der Waals surface area contributed by atoms with Crippen LogP contribution in [0.1, 0.15) is 17.5 Å². The molecule has 2 fully saturated rings. The lowest BCUT2D eigenvalue weighted by atomic mass is 10.1. The van der Waals surface area contributed by atoms with Crippen molar-refractivity contribution in [2.45, 2.75) is 26.0 Å². The zero-order valence-electron chi connectivity index (χ0n) is 12.2. The standard InChI is InChI=1S/C16H24N2O2/c1-13-10-15(3-2-14(13)12-19)18-5-4-16(11-18)17-6-8-20-9-7-17/h2-3,10,16,19H,4-9,11-12H2,1H3. The van der Waals surface area contributed by atoms with E-state index >= 15 is 0 Å². The van der Waals surface area contributed by atoms with Gasteiger partial charge in [-0.05, 0) is 36.6 Å². The summed E-state index contributed by atoms with van der Waals surface area (Å²) < 4.78 is 5.43. The van der Waals surface area contributed by atoms with Crippen molar-refractivity contribution in [2.75, 3.05) is 44.3 Å². The monoisotopic (exact) mass is 276 g/mol. The second-order valence-electron chi connectivity index (χ2n) is 5.81. The van der Waals surface area contributed by atoms with Gasteiger partial charge in [-0.2, -0.15) is 0 Å². The highest BCUT2D eigenvalue weighted by Gasteiger charge is 2.28. The molecule has 2 saturated heterocycles. The van der Waals surface area contributed by atoms with Gasteiger partial charge in [-0.1, -0.05) is 6.07 Å². The van der Waals surface area contributed by atoms with Gasteiger partial charge in [0, 0.05) is 37.9 Å². The number of hydrogen-bond acceptors (Lipinski definition) is 4. The first kappa shape index (κ1) is 13.9. The number of nitrogens with zero attached hydrogens (tertiary/aromatic N) is 2. The van der Waals surface area contributed by atoms with Crippen molar-refractivity contribution in [1.82, 2.24) is 4.90 Å². The number of aryl methyl sites for hydroxylation is 1. The lowest BCUT2D eigenvalue weighted by Gasteiger charge is -2.32. The molecule has 20 heavy (non-hydrogen) atoms. The molecule has 3 rings (SSSR count). The Hall–Kier alpha value is -1.10. The van der Waals surface area contributed by atoms with Gasteiger partial charge >= 0.3 is 0 Å². The molecule has 1 unspecified atom stereocenters. The van der Waals surface area contributed by atoms with Gasteiger partial charge in [0.2, 0.25) is 0 Å². The van der Waals surface area contributed by atoms with E-state index in [0.29, 0.717) is 6.04 Å². The predicted molar refractivity (Wildman–Crippen MR) is 80.1 cm³/mol. The summed E-state index contributed by atoms with van der Waals surface area (Å²) in [6.45, 7) is 8.33. The highest BCUT2D eigenvalue weighted by molar-refractivity contribution is 5.51. The highest BCUT2D eigenvalue weighted by Crippen LogP contribution is 2.25. The van der Waals surface area contributed by atoms with Gasteiger partial charge in [-0.25, -0.2) is 0 Å². The van der Waals surface area contributed by atoms with E-state index in [1.54, 1.807) is 0 Å². The Morgan fingerprint density at radius 2 is 2.05 bits per heavy atom. The van der Waals surface area contributed by atoms with Crippen molar-refractivity contribution in [3.8, 4) is 0 Å². The fraction of sp³-hybridized carbons (Fsp3) is 0.625. The van der Waals surface area contributed by atoms with Crippen LogP contribution in [-0.2, 0) is 11.3 Å². The third kappa shape index (κ3) is 2.82. The maximum atomic E-state index is 9.25. The van der Waals surface area contributed by atoms with E-state index in [2.05, 4.69) is 28.9 Å². The summed E-state index contributed by atoms with van der Waals surface area (Å²) >= 11 is 0. The van der Waals surface area contributed by atoms with Crippen LogP contribution in [-0.4, -0.2) is 55.4 Å². The maximum absolute atomic E-state index is 9.25. The van der Waals surface area contributed by atoms with Gasteiger partial charge in [0.15, 0.2) is 0 Å². The van der Waals surface area contributed by atoms with E-state index in [4.69, 9.17) is 4.74 Å². The van der Waals surface area contributed by atoms with Crippen LogP contribution in [0.2, 0.25) is 0 Å². The molecule has 0 bridgehead atoms. The van der Waals surface area contributed by atoms with Crippen molar-refractivity contribution >= 4 is 5.69 Å². The quantitative estimate of drug-likeness (QED) is 0.905. The summed E-state index contributed by atoms with van der Waals surface area (Å²) in [4.78, 5) is 5.03. The summed E-state index contributed by atoms with van der Waals surface area (Å²) in [5.41, 5.74) is 3.49. The van der Waals surface area contributed by atoms with Crippen molar-refractivity contribution < 1.29 is 9.84 Å². The Bertz CT molecular complexity index is 458. The van der Waals surface area contributed by atoms with Gasteiger partial charge in [-0.3, -0.25) is 4.90 Å². The molecule has 0 amide bonds. The molecule has 2 heterocycles. The molecular formula is C16H24N2O2. The van der Waals surface area contributed by atoms with Gasteiger partial charge in [0.1, 0.15) is 0 Å². The van der Waals surface area contributed by atoms with E-state index in [-0.39, 0.29) is 6.61 Å². The molecule has 0 saturated carbocycles. The summed E-state index contributed by atoms with van der Waals surface area (Å²) in [6.07, 6.45) is 1.24. The van der Waals surface area contributed by atoms with E-state index in [1.807, 2.05) is 6.07 Å². The summed E-state index contributed by atoms with van der Waals surface area (Å²) in [5.74, 6) is 0. The van der Waals surface area contributed by atoms with Gasteiger partial charge in [0.25, 0.3) is 0 Å². The number of benzene rings is 1. The molecule has 0 aromatic heterocycles. The average Bonchev–Trinajstić information content (AvgIpc) is 2.98. The predicted octanol–water partition coefficient (Wildman–Crippen LogP) is 1.40. The molecule has 0 aliphatic carbocycles. The van der Waals surface area contributed by atoms with E-state index in [9.17, 15) is 5.11 Å². The fourth-order valence-electron chi connectivity index (χ4n) is 3.27. The van der Waals surface area contributed by atoms with Crippen LogP contribution < -0.4 is 4.90 Å². The van der Waals surface area contributed by atoms with Gasteiger partial charge < -0.3 is 14.7 Å². The van der Waals surface area contributed by atoms with Gasteiger partial charge in [0.05, 0.1) is 19.8 Å². The van der Waals surface area contributed by atoms with Crippen LogP contribution in [0.25, 0.3) is 0 Å². The topological polar surface area (TPSA) is 35.9 Å². The molecule has 110 valence electrons. The average molecular weight is 276 g/mol. The van der Waals surface area contributed by atoms with E-state index < -0.39 is 0 Å². The van der Waals surface area contributed by atoms with Crippen LogP contribution >= 0.6 is 0 Å². The first-order chi connectivity index (χ1) is 9.78. The molecule has 1 aromatic carbocycles. The number of morpholine rings is 1. The van der Waals surface area contributed by atoms with Crippen LogP contribution in [0.3, 0.4) is 0 Å². The largest absolute Gasteiger partial charge is 0.392 e. The minimum Gasteiger partial charge on any atom is -0.392 e. The molecule has 4 heteroatoms. The molecule has 0 spiro atoms. The van der Waals surface area contributed by atoms with Gasteiger partial charge in [-0.15, -0.1) is 0 Å². The Labute approximate surface area is 120 Å². The third-order valence-corrected chi connectivity index (χ3v) is 4.59. The number of rotatable bonds is 3. The molecule has 1 atom stereocenters. The van der Waals surface area contributed by atoms with Crippen LogP contribution in [0.5, 0.6) is 0 Å². The van der Waals surface area contributed by atoms with Crippen molar-refractivity contribution in [2.24, 2.45) is 0 Å². The Morgan fingerprint density at radius 3 is 2.75 bits per heavy atom. The smallest absolute Gasteiger partial charge is 0.0684 e. The third-order valence-electron chi connectivity index (χ3n) is 4.59. The molecule has 2 aliphatic rings. The molecule has 2 aliphatic heterocycles. The molecule has 0 radical (unpaired) electrons. The Kier molecular flexibility index (Phi) is 4.24. The van der Waals surface area contributed by atoms with E-state index in [0.717, 1.165) is 45.0 Å². The summed E-state index contributed by atoms with van der Waals surface area (Å²) in [6, 6.07) is 7.05. The second kappa shape index (κ2) is 6.12. The van der Waals surface area contributed by atoms with Crippen LogP contribution in [0.15, 0.2) is 18.2 Å². The van der Waals surface area contributed by atoms with Crippen LogP contribution in [0, 0.1) is 6.92 Å². The summed E-state index contributed by atoms with van der Waals surface area (Å²) in [5, 5.41) is 9.25. The number of hydrogen-bond donors (Lipinski definition) is 1. The molecule has 4 nitrogen and oxygen atoms in total. The number of aliphatic hydroxyl groups excluding tert-OH is 1. The fourth-order valence-corrected chi connectivity index (χ4v) is 3.27. The number of aliphatic hydroxyl groups is 1.